The minimum Gasteiger partial charge on any atom is -0.505 e. The molecule has 5 heteroatoms. The normalized spacial score (nSPS) is 12.0. The van der Waals surface area contributed by atoms with Crippen molar-refractivity contribution in [3.63, 3.8) is 0 Å². The summed E-state index contributed by atoms with van der Waals surface area (Å²) < 4.78 is 0. The van der Waals surface area contributed by atoms with Gasteiger partial charge in [-0.2, -0.15) is 0 Å². The molecule has 1 aromatic carbocycles. The Morgan fingerprint density at radius 1 is 0.923 bits per heavy atom. The zero-order valence-corrected chi connectivity index (χ0v) is 14.3. The van der Waals surface area contributed by atoms with Crippen LogP contribution in [0.2, 0.25) is 0 Å². The van der Waals surface area contributed by atoms with Crippen LogP contribution in [0.1, 0.15) is 22.9 Å². The Kier molecular flexibility index (Phi) is 4.19. The Labute approximate surface area is 151 Å². The van der Waals surface area contributed by atoms with Crippen molar-refractivity contribution in [2.45, 2.75) is 13.0 Å². The van der Waals surface area contributed by atoms with Crippen LogP contribution in [0.3, 0.4) is 0 Å². The molecule has 0 aliphatic heterocycles. The predicted octanol–water partition coefficient (Wildman–Crippen LogP) is 4.24. The number of phenols is 1. The first-order valence-corrected chi connectivity index (χ1v) is 8.39. The first-order chi connectivity index (χ1) is 12.7. The van der Waals surface area contributed by atoms with Crippen LogP contribution in [0.25, 0.3) is 10.9 Å². The highest BCUT2D eigenvalue weighted by atomic mass is 16.3. The Morgan fingerprint density at radius 2 is 1.77 bits per heavy atom. The van der Waals surface area contributed by atoms with Gasteiger partial charge in [-0.3, -0.25) is 9.97 Å². The highest BCUT2D eigenvalue weighted by Crippen LogP contribution is 2.35. The fourth-order valence-corrected chi connectivity index (χ4v) is 3.05. The molecule has 0 saturated carbocycles. The molecule has 0 aliphatic rings. The van der Waals surface area contributed by atoms with Crippen LogP contribution in [0.4, 0.5) is 5.82 Å². The third-order valence-corrected chi connectivity index (χ3v) is 4.31. The van der Waals surface area contributed by atoms with E-state index in [0.29, 0.717) is 5.52 Å². The average Bonchev–Trinajstić information content (AvgIpc) is 2.68. The number of fused-ring (bicyclic) bond motifs is 1. The van der Waals surface area contributed by atoms with Crippen molar-refractivity contribution in [2.75, 3.05) is 5.32 Å². The smallest absolute Gasteiger partial charge is 0.147 e. The van der Waals surface area contributed by atoms with Crippen LogP contribution >= 0.6 is 0 Å². The van der Waals surface area contributed by atoms with Crippen molar-refractivity contribution >= 4 is 16.7 Å². The van der Waals surface area contributed by atoms with Crippen molar-refractivity contribution < 1.29 is 5.11 Å². The molecule has 4 rings (SSSR count). The molecule has 5 nitrogen and oxygen atoms in total. The summed E-state index contributed by atoms with van der Waals surface area (Å²) in [4.78, 5) is 13.0. The van der Waals surface area contributed by atoms with Crippen molar-refractivity contribution in [1.29, 1.82) is 0 Å². The number of anilines is 1. The van der Waals surface area contributed by atoms with E-state index >= 15 is 0 Å². The molecule has 1 atom stereocenters. The van der Waals surface area contributed by atoms with E-state index in [1.54, 1.807) is 18.6 Å². The summed E-state index contributed by atoms with van der Waals surface area (Å²) in [5, 5.41) is 15.2. The molecule has 2 N–H and O–H groups in total. The number of benzene rings is 1. The second-order valence-corrected chi connectivity index (χ2v) is 6.10. The number of rotatable bonds is 4. The van der Waals surface area contributed by atoms with Crippen LogP contribution in [0.5, 0.6) is 5.75 Å². The number of nitrogens with zero attached hydrogens (tertiary/aromatic N) is 3. The lowest BCUT2D eigenvalue weighted by atomic mass is 9.97. The van der Waals surface area contributed by atoms with Crippen molar-refractivity contribution in [1.82, 2.24) is 15.0 Å². The van der Waals surface area contributed by atoms with E-state index in [0.717, 1.165) is 28.0 Å². The largest absolute Gasteiger partial charge is 0.505 e. The number of pyridine rings is 3. The Hall–Kier alpha value is -3.47. The molecule has 0 amide bonds. The number of aromatic hydroxyl groups is 1. The molecule has 4 aromatic rings. The molecule has 26 heavy (non-hydrogen) atoms. The van der Waals surface area contributed by atoms with Crippen molar-refractivity contribution in [2.24, 2.45) is 0 Å². The number of aromatic nitrogens is 3. The van der Waals surface area contributed by atoms with Gasteiger partial charge in [0.1, 0.15) is 17.1 Å². The van der Waals surface area contributed by atoms with Gasteiger partial charge in [0, 0.05) is 35.2 Å². The van der Waals surface area contributed by atoms with Gasteiger partial charge in [0.15, 0.2) is 0 Å². The lowest BCUT2D eigenvalue weighted by Gasteiger charge is -2.22. The van der Waals surface area contributed by atoms with Gasteiger partial charge in [0.2, 0.25) is 0 Å². The predicted molar refractivity (Wildman–Crippen MR) is 102 cm³/mol. The highest BCUT2D eigenvalue weighted by molar-refractivity contribution is 5.86. The van der Waals surface area contributed by atoms with E-state index in [4.69, 9.17) is 0 Å². The quantitative estimate of drug-likeness (QED) is 0.580. The first-order valence-electron chi connectivity index (χ1n) is 8.39. The van der Waals surface area contributed by atoms with Gasteiger partial charge in [0.05, 0.1) is 6.04 Å². The van der Waals surface area contributed by atoms with E-state index in [-0.39, 0.29) is 11.8 Å². The molecule has 3 aromatic heterocycles. The maximum Gasteiger partial charge on any atom is 0.147 e. The zero-order chi connectivity index (χ0) is 17.9. The standard InChI is InChI=1S/C21H18N4O/c1-14-4-2-6-18(24-14)25-19(16-9-12-22-13-10-16)17-8-7-15-5-3-11-23-20(15)21(17)26/h2-13,19,26H,1H3,(H,24,25)/t19-/m0/s1. The number of hydrogen-bond donors (Lipinski definition) is 2. The van der Waals surface area contributed by atoms with Crippen LogP contribution < -0.4 is 5.32 Å². The van der Waals surface area contributed by atoms with Crippen molar-refractivity contribution in [3.05, 3.63) is 90.0 Å². The lowest BCUT2D eigenvalue weighted by molar-refractivity contribution is 0.471. The van der Waals surface area contributed by atoms with E-state index < -0.39 is 0 Å². The summed E-state index contributed by atoms with van der Waals surface area (Å²) >= 11 is 0. The molecule has 0 bridgehead atoms. The molecule has 0 aliphatic carbocycles. The van der Waals surface area contributed by atoms with Crippen LogP contribution in [0.15, 0.2) is 73.2 Å². The molecular weight excluding hydrogens is 324 g/mol. The van der Waals surface area contributed by atoms with Gasteiger partial charge in [-0.25, -0.2) is 4.98 Å². The molecular formula is C21H18N4O. The summed E-state index contributed by atoms with van der Waals surface area (Å²) in [6.45, 7) is 1.95. The molecule has 0 fully saturated rings. The second kappa shape index (κ2) is 6.80. The Morgan fingerprint density at radius 3 is 2.58 bits per heavy atom. The monoisotopic (exact) mass is 342 g/mol. The van der Waals surface area contributed by atoms with E-state index in [1.807, 2.05) is 61.5 Å². The summed E-state index contributed by atoms with van der Waals surface area (Å²) in [7, 11) is 0. The average molecular weight is 342 g/mol. The fraction of sp³-hybridized carbons (Fsp3) is 0.0952. The molecule has 3 heterocycles. The molecule has 0 radical (unpaired) electrons. The van der Waals surface area contributed by atoms with Gasteiger partial charge < -0.3 is 10.4 Å². The van der Waals surface area contributed by atoms with E-state index in [2.05, 4.69) is 20.3 Å². The van der Waals surface area contributed by atoms with Crippen molar-refractivity contribution in [3.8, 4) is 5.75 Å². The van der Waals surface area contributed by atoms with E-state index in [9.17, 15) is 5.11 Å². The summed E-state index contributed by atoms with van der Waals surface area (Å²) in [6.07, 6.45) is 5.16. The fourth-order valence-electron chi connectivity index (χ4n) is 3.05. The second-order valence-electron chi connectivity index (χ2n) is 6.10. The number of nitrogens with one attached hydrogen (secondary N) is 1. The highest BCUT2D eigenvalue weighted by Gasteiger charge is 2.20. The molecule has 0 unspecified atom stereocenters. The number of hydrogen-bond acceptors (Lipinski definition) is 5. The van der Waals surface area contributed by atoms with Crippen LogP contribution in [0, 0.1) is 6.92 Å². The first kappa shape index (κ1) is 16.0. The van der Waals surface area contributed by atoms with Gasteiger partial charge in [-0.1, -0.05) is 24.3 Å². The third kappa shape index (κ3) is 3.07. The Balaban J connectivity index is 1.84. The summed E-state index contributed by atoms with van der Waals surface area (Å²) in [5.74, 6) is 0.914. The number of phenolic OH excluding ortho intramolecular Hbond substituents is 1. The SMILES string of the molecule is Cc1cccc(N[C@@H](c2ccncc2)c2ccc3cccnc3c2O)n1. The maximum absolute atomic E-state index is 10.9. The minimum absolute atomic E-state index is 0.171. The molecule has 0 saturated heterocycles. The minimum atomic E-state index is -0.279. The number of aryl methyl sites for hydroxylation is 1. The summed E-state index contributed by atoms with van der Waals surface area (Å²) in [6, 6.07) is 17.1. The molecule has 128 valence electrons. The van der Waals surface area contributed by atoms with E-state index in [1.165, 1.54) is 0 Å². The lowest BCUT2D eigenvalue weighted by Crippen LogP contribution is -2.14. The maximum atomic E-state index is 10.9. The molecule has 0 spiro atoms. The van der Waals surface area contributed by atoms with Gasteiger partial charge in [0.25, 0.3) is 0 Å². The summed E-state index contributed by atoms with van der Waals surface area (Å²) in [5.41, 5.74) is 3.23. The third-order valence-electron chi connectivity index (χ3n) is 4.31. The van der Waals surface area contributed by atoms with Gasteiger partial charge in [-0.15, -0.1) is 0 Å². The Bertz CT molecular complexity index is 1050. The zero-order valence-electron chi connectivity index (χ0n) is 14.3. The van der Waals surface area contributed by atoms with Gasteiger partial charge >= 0.3 is 0 Å². The topological polar surface area (TPSA) is 70.9 Å². The van der Waals surface area contributed by atoms with Gasteiger partial charge in [-0.05, 0) is 42.8 Å². The van der Waals surface area contributed by atoms with Crippen LogP contribution in [-0.2, 0) is 0 Å². The van der Waals surface area contributed by atoms with Crippen LogP contribution in [-0.4, -0.2) is 20.1 Å².